The number of benzene rings is 4. The quantitative estimate of drug-likeness (QED) is 0.0892. The largest absolute Gasteiger partial charge is 0.366 e. The predicted octanol–water partition coefficient (Wildman–Crippen LogP) is 10.5. The molecule has 0 atom stereocenters. The lowest BCUT2D eigenvalue weighted by atomic mass is 10.1. The summed E-state index contributed by atoms with van der Waals surface area (Å²) in [6, 6.07) is 32.6. The van der Waals surface area contributed by atoms with Gasteiger partial charge in [-0.1, -0.05) is 82.8 Å². The summed E-state index contributed by atoms with van der Waals surface area (Å²) in [7, 11) is -6.64. The van der Waals surface area contributed by atoms with Crippen LogP contribution in [0.5, 0.6) is 0 Å². The fourth-order valence-electron chi connectivity index (χ4n) is 6.99. The molecule has 5 heterocycles. The summed E-state index contributed by atoms with van der Waals surface area (Å²) in [6.07, 6.45) is 4.40. The molecule has 0 bridgehead atoms. The molecule has 21 heteroatoms. The Balaban J connectivity index is 0.000000177. The van der Waals surface area contributed by atoms with Gasteiger partial charge in [-0.05, 0) is 72.5 Å². The fraction of sp³-hybridized carbons (Fsp3) is 0.182. The molecule has 0 unspecified atom stereocenters. The summed E-state index contributed by atoms with van der Waals surface area (Å²) in [6.45, 7) is 1.47. The molecule has 1 aliphatic heterocycles. The second-order valence-corrected chi connectivity index (χ2v) is 20.7. The number of alkyl halides is 1. The van der Waals surface area contributed by atoms with Crippen LogP contribution in [0, 0.1) is 0 Å². The van der Waals surface area contributed by atoms with Gasteiger partial charge in [0.15, 0.2) is 11.3 Å². The maximum absolute atomic E-state index is 12.2. The summed E-state index contributed by atoms with van der Waals surface area (Å²) >= 11 is 30.2. The zero-order valence-electron chi connectivity index (χ0n) is 34.2. The Kier molecular flexibility index (Phi) is 14.2. The van der Waals surface area contributed by atoms with E-state index in [1.807, 2.05) is 72.8 Å². The van der Waals surface area contributed by atoms with Crippen LogP contribution < -0.4 is 19.7 Å². The molecule has 0 spiro atoms. The van der Waals surface area contributed by atoms with Crippen molar-refractivity contribution in [2.24, 2.45) is 0 Å². The molecule has 0 amide bonds. The van der Waals surface area contributed by atoms with Gasteiger partial charge in [-0.25, -0.2) is 26.8 Å². The third-order valence-corrected chi connectivity index (χ3v) is 14.9. The molecule has 0 aliphatic carbocycles. The lowest BCUT2D eigenvalue weighted by Crippen LogP contribution is -2.24. The Labute approximate surface area is 400 Å². The standard InChI is InChI=1S/C22H20Cl3N5O2S.C22H19Cl2N5O2S/c23-9-1-11-33(31,32)29-18-6-3-15(4-7-18)20-13-22(30-21(28-20)8-10-27-30)26-14-16-2-5-17(24)12-19(16)25;23-17-5-2-16(19(24)12-17)14-25-22-13-20(27-21-8-9-26-29(21)22)15-3-6-18(7-4-15)28-10-1-11-32(28,30)31/h2-8,10,12-13,26,29H,1,9,11,14H2;2-9,12-13,25H,1,10-11,14H2. The normalized spacial score (nSPS) is 13.5. The van der Waals surface area contributed by atoms with Crippen LogP contribution in [-0.4, -0.2) is 70.0 Å². The molecule has 3 N–H and O–H groups in total. The van der Waals surface area contributed by atoms with Crippen molar-refractivity contribution in [2.45, 2.75) is 25.9 Å². The van der Waals surface area contributed by atoms with E-state index in [1.54, 1.807) is 57.8 Å². The van der Waals surface area contributed by atoms with Crippen LogP contribution in [0.1, 0.15) is 24.0 Å². The van der Waals surface area contributed by atoms with Gasteiger partial charge >= 0.3 is 0 Å². The van der Waals surface area contributed by atoms with Gasteiger partial charge in [0.2, 0.25) is 20.0 Å². The SMILES string of the molecule is O=S(=O)(CCCCl)Nc1ccc(-c2cc(NCc3ccc(Cl)cc3Cl)n3nccc3n2)cc1.O=S1(=O)CCCN1c1ccc(-c2cc(NCc3ccc(Cl)cc3Cl)n3nccc3n2)cc1. The molecule has 65 heavy (non-hydrogen) atoms. The van der Waals surface area contributed by atoms with Gasteiger partial charge in [0.1, 0.15) is 11.6 Å². The van der Waals surface area contributed by atoms with Crippen molar-refractivity contribution in [1.82, 2.24) is 29.2 Å². The van der Waals surface area contributed by atoms with E-state index in [2.05, 4.69) is 30.5 Å². The molecular formula is C44H39Cl5N10O4S2. The highest BCUT2D eigenvalue weighted by Gasteiger charge is 2.28. The monoisotopic (exact) mass is 1010 g/mol. The van der Waals surface area contributed by atoms with Crippen molar-refractivity contribution >= 4 is 112 Å². The number of nitrogens with one attached hydrogen (secondary N) is 3. The number of halogens is 5. The second-order valence-electron chi connectivity index (χ2n) is 14.8. The molecular weight excluding hydrogens is 974 g/mol. The molecule has 336 valence electrons. The average Bonchev–Trinajstić information content (AvgIpc) is 4.05. The third-order valence-electron chi connectivity index (χ3n) is 10.2. The number of rotatable bonds is 14. The Morgan fingerprint density at radius 2 is 1.15 bits per heavy atom. The summed E-state index contributed by atoms with van der Waals surface area (Å²) in [5, 5.41) is 17.7. The van der Waals surface area contributed by atoms with E-state index in [-0.39, 0.29) is 11.5 Å². The number of aromatic nitrogens is 6. The van der Waals surface area contributed by atoms with Crippen LogP contribution in [0.4, 0.5) is 23.0 Å². The zero-order valence-corrected chi connectivity index (χ0v) is 39.6. The Morgan fingerprint density at radius 3 is 1.62 bits per heavy atom. The summed E-state index contributed by atoms with van der Waals surface area (Å²) in [5.74, 6) is 1.96. The van der Waals surface area contributed by atoms with Gasteiger partial charge < -0.3 is 10.6 Å². The number of hydrogen-bond donors (Lipinski definition) is 3. The number of hydrogen-bond acceptors (Lipinski definition) is 10. The van der Waals surface area contributed by atoms with Crippen molar-refractivity contribution in [2.75, 3.05) is 43.6 Å². The van der Waals surface area contributed by atoms with E-state index in [4.69, 9.17) is 63.0 Å². The highest BCUT2D eigenvalue weighted by Crippen LogP contribution is 2.30. The maximum atomic E-state index is 12.2. The predicted molar refractivity (Wildman–Crippen MR) is 263 cm³/mol. The van der Waals surface area contributed by atoms with Crippen LogP contribution >= 0.6 is 58.0 Å². The van der Waals surface area contributed by atoms with Gasteiger partial charge in [-0.3, -0.25) is 9.03 Å². The molecule has 8 aromatic rings. The van der Waals surface area contributed by atoms with E-state index < -0.39 is 20.0 Å². The molecule has 1 fully saturated rings. The van der Waals surface area contributed by atoms with Crippen LogP contribution in [0.15, 0.2) is 122 Å². The Hall–Kier alpha value is -5.33. The van der Waals surface area contributed by atoms with E-state index in [0.29, 0.717) is 86.8 Å². The third kappa shape index (κ3) is 11.2. The minimum atomic E-state index is -3.43. The number of sulfonamides is 2. The van der Waals surface area contributed by atoms with Gasteiger partial charge in [-0.2, -0.15) is 19.2 Å². The highest BCUT2D eigenvalue weighted by atomic mass is 35.5. The van der Waals surface area contributed by atoms with Gasteiger partial charge in [0.25, 0.3) is 0 Å². The zero-order chi connectivity index (χ0) is 45.7. The summed E-state index contributed by atoms with van der Waals surface area (Å²) < 4.78 is 56.0. The second kappa shape index (κ2) is 20.0. The van der Waals surface area contributed by atoms with E-state index in [1.165, 1.54) is 4.31 Å². The lowest BCUT2D eigenvalue weighted by Gasteiger charge is -2.17. The van der Waals surface area contributed by atoms with Gasteiger partial charge in [0.05, 0.1) is 41.0 Å². The molecule has 0 saturated carbocycles. The van der Waals surface area contributed by atoms with Crippen LogP contribution in [-0.2, 0) is 33.1 Å². The van der Waals surface area contributed by atoms with Crippen molar-refractivity contribution in [3.63, 3.8) is 0 Å². The molecule has 4 aromatic heterocycles. The maximum Gasteiger partial charge on any atom is 0.235 e. The van der Waals surface area contributed by atoms with Gasteiger partial charge in [-0.15, -0.1) is 11.6 Å². The van der Waals surface area contributed by atoms with Crippen molar-refractivity contribution < 1.29 is 16.8 Å². The Morgan fingerprint density at radius 1 is 0.646 bits per heavy atom. The Bertz CT molecular complexity index is 3210. The minimum Gasteiger partial charge on any atom is -0.366 e. The van der Waals surface area contributed by atoms with Crippen LogP contribution in [0.3, 0.4) is 0 Å². The molecule has 1 aliphatic rings. The fourth-order valence-corrected chi connectivity index (χ4v) is 10.9. The van der Waals surface area contributed by atoms with Crippen molar-refractivity contribution in [3.05, 3.63) is 153 Å². The van der Waals surface area contributed by atoms with Crippen LogP contribution in [0.2, 0.25) is 20.1 Å². The number of fused-ring (bicyclic) bond motifs is 2. The van der Waals surface area contributed by atoms with Crippen LogP contribution in [0.25, 0.3) is 33.8 Å². The summed E-state index contributed by atoms with van der Waals surface area (Å²) in [5.41, 5.74) is 7.49. The van der Waals surface area contributed by atoms with E-state index in [0.717, 1.165) is 39.6 Å². The molecule has 1 saturated heterocycles. The topological polar surface area (TPSA) is 168 Å². The first-order valence-electron chi connectivity index (χ1n) is 20.1. The lowest BCUT2D eigenvalue weighted by molar-refractivity contribution is 0.598. The van der Waals surface area contributed by atoms with E-state index in [9.17, 15) is 16.8 Å². The first-order chi connectivity index (χ1) is 31.2. The molecule has 14 nitrogen and oxygen atoms in total. The highest BCUT2D eigenvalue weighted by molar-refractivity contribution is 7.93. The van der Waals surface area contributed by atoms with E-state index >= 15 is 0 Å². The first kappa shape index (κ1) is 46.2. The van der Waals surface area contributed by atoms with Crippen molar-refractivity contribution in [3.8, 4) is 22.5 Å². The smallest absolute Gasteiger partial charge is 0.235 e. The number of anilines is 4. The molecule has 0 radical (unpaired) electrons. The summed E-state index contributed by atoms with van der Waals surface area (Å²) in [4.78, 5) is 9.35. The molecule has 9 rings (SSSR count). The molecule has 4 aromatic carbocycles. The number of nitrogens with zero attached hydrogens (tertiary/aromatic N) is 7. The average molecular weight is 1010 g/mol. The van der Waals surface area contributed by atoms with Crippen molar-refractivity contribution in [1.29, 1.82) is 0 Å². The van der Waals surface area contributed by atoms with Gasteiger partial charge in [0, 0.05) is 86.7 Å². The first-order valence-corrected chi connectivity index (χ1v) is 25.4. The minimum absolute atomic E-state index is 0.0235.